The summed E-state index contributed by atoms with van der Waals surface area (Å²) in [6, 6.07) is 6.62. The van der Waals surface area contributed by atoms with Crippen molar-refractivity contribution in [1.29, 1.82) is 0 Å². The maximum absolute atomic E-state index is 12.3. The van der Waals surface area contributed by atoms with Crippen LogP contribution in [0.4, 0.5) is 10.5 Å². The molecule has 1 aromatic carbocycles. The molecule has 0 aliphatic carbocycles. The van der Waals surface area contributed by atoms with E-state index in [-0.39, 0.29) is 11.9 Å². The third-order valence-corrected chi connectivity index (χ3v) is 3.17. The molecule has 0 radical (unpaired) electrons. The summed E-state index contributed by atoms with van der Waals surface area (Å²) >= 11 is 0. The Balaban J connectivity index is 2.23. The van der Waals surface area contributed by atoms with Crippen LogP contribution in [0.1, 0.15) is 19.4 Å². The quantitative estimate of drug-likeness (QED) is 0.818. The molecule has 0 fully saturated rings. The van der Waals surface area contributed by atoms with Gasteiger partial charge >= 0.3 is 6.03 Å². The Kier molecular flexibility index (Phi) is 3.23. The highest BCUT2D eigenvalue weighted by Gasteiger charge is 2.33. The number of carbonyl (C=O) groups is 2. The molecule has 2 rings (SSSR count). The molecule has 2 atom stereocenters. The van der Waals surface area contributed by atoms with Crippen molar-refractivity contribution in [1.82, 2.24) is 5.32 Å². The molecule has 0 aromatic heterocycles. The molecule has 1 aliphatic rings. The van der Waals surface area contributed by atoms with Crippen LogP contribution in [0.3, 0.4) is 0 Å². The molecule has 0 saturated heterocycles. The van der Waals surface area contributed by atoms with E-state index in [1.165, 1.54) is 0 Å². The highest BCUT2D eigenvalue weighted by atomic mass is 16.2. The monoisotopic (exact) mass is 247 g/mol. The maximum Gasteiger partial charge on any atom is 0.312 e. The van der Waals surface area contributed by atoms with Crippen molar-refractivity contribution in [2.45, 2.75) is 32.4 Å². The van der Waals surface area contributed by atoms with Gasteiger partial charge in [-0.1, -0.05) is 18.2 Å². The normalized spacial score (nSPS) is 19.2. The lowest BCUT2D eigenvalue weighted by Crippen LogP contribution is -2.50. The summed E-state index contributed by atoms with van der Waals surface area (Å²) in [4.78, 5) is 24.8. The van der Waals surface area contributed by atoms with Gasteiger partial charge in [0.15, 0.2) is 0 Å². The van der Waals surface area contributed by atoms with Crippen molar-refractivity contribution in [2.75, 3.05) is 4.90 Å². The Morgan fingerprint density at radius 1 is 1.44 bits per heavy atom. The number of nitrogens with one attached hydrogen (secondary N) is 1. The van der Waals surface area contributed by atoms with Gasteiger partial charge in [0.1, 0.15) is 6.04 Å². The van der Waals surface area contributed by atoms with Crippen LogP contribution in [0.2, 0.25) is 0 Å². The van der Waals surface area contributed by atoms with Gasteiger partial charge in [-0.2, -0.15) is 0 Å². The Bertz CT molecular complexity index is 487. The van der Waals surface area contributed by atoms with Gasteiger partial charge in [-0.15, -0.1) is 0 Å². The lowest BCUT2D eigenvalue weighted by Gasteiger charge is -2.26. The number of primary amides is 1. The Hall–Kier alpha value is -2.04. The second-order valence-corrected chi connectivity index (χ2v) is 4.62. The molecule has 0 bridgehead atoms. The van der Waals surface area contributed by atoms with E-state index >= 15 is 0 Å². The van der Waals surface area contributed by atoms with Gasteiger partial charge in [0.25, 0.3) is 0 Å². The zero-order valence-electron chi connectivity index (χ0n) is 10.5. The number of urea groups is 1. The molecule has 18 heavy (non-hydrogen) atoms. The molecular formula is C13H17N3O2. The van der Waals surface area contributed by atoms with Crippen LogP contribution in [0, 0.1) is 0 Å². The highest BCUT2D eigenvalue weighted by Crippen LogP contribution is 2.32. The summed E-state index contributed by atoms with van der Waals surface area (Å²) in [5, 5.41) is 2.42. The molecule has 0 spiro atoms. The maximum atomic E-state index is 12.3. The van der Waals surface area contributed by atoms with E-state index in [9.17, 15) is 9.59 Å². The molecular weight excluding hydrogens is 230 g/mol. The fourth-order valence-corrected chi connectivity index (χ4v) is 2.39. The van der Waals surface area contributed by atoms with E-state index in [1.54, 1.807) is 11.8 Å². The van der Waals surface area contributed by atoms with Crippen molar-refractivity contribution in [3.8, 4) is 0 Å². The molecule has 1 heterocycles. The summed E-state index contributed by atoms with van der Waals surface area (Å²) < 4.78 is 0. The van der Waals surface area contributed by atoms with Crippen molar-refractivity contribution in [2.24, 2.45) is 5.73 Å². The first-order valence-corrected chi connectivity index (χ1v) is 5.97. The number of nitrogens with zero attached hydrogens (tertiary/aromatic N) is 1. The van der Waals surface area contributed by atoms with E-state index < -0.39 is 12.1 Å². The SMILES string of the molecule is CC(NC(N)=O)C(=O)N1c2ccccc2CC1C. The molecule has 1 aromatic rings. The number of carbonyl (C=O) groups excluding carboxylic acids is 2. The topological polar surface area (TPSA) is 75.4 Å². The summed E-state index contributed by atoms with van der Waals surface area (Å²) in [6.45, 7) is 3.63. The van der Waals surface area contributed by atoms with E-state index in [2.05, 4.69) is 5.32 Å². The van der Waals surface area contributed by atoms with Crippen molar-refractivity contribution >= 4 is 17.6 Å². The first-order chi connectivity index (χ1) is 8.50. The van der Waals surface area contributed by atoms with Gasteiger partial charge in [-0.25, -0.2) is 4.79 Å². The minimum absolute atomic E-state index is 0.104. The van der Waals surface area contributed by atoms with Gasteiger partial charge in [-0.05, 0) is 31.9 Å². The summed E-state index contributed by atoms with van der Waals surface area (Å²) in [7, 11) is 0. The smallest absolute Gasteiger partial charge is 0.312 e. The van der Waals surface area contributed by atoms with Crippen LogP contribution in [0.15, 0.2) is 24.3 Å². The molecule has 0 saturated carbocycles. The molecule has 1 aliphatic heterocycles. The minimum atomic E-state index is -0.684. The number of anilines is 1. The number of hydrogen-bond donors (Lipinski definition) is 2. The number of nitrogens with two attached hydrogens (primary N) is 1. The number of fused-ring (bicyclic) bond motifs is 1. The summed E-state index contributed by atoms with van der Waals surface area (Å²) in [5.74, 6) is -0.133. The largest absolute Gasteiger partial charge is 0.352 e. The van der Waals surface area contributed by atoms with Crippen LogP contribution in [0.25, 0.3) is 0 Å². The van der Waals surface area contributed by atoms with Gasteiger partial charge in [0.05, 0.1) is 0 Å². The Morgan fingerprint density at radius 2 is 2.11 bits per heavy atom. The van der Waals surface area contributed by atoms with Crippen LogP contribution in [-0.2, 0) is 11.2 Å². The molecule has 3 amide bonds. The molecule has 96 valence electrons. The average molecular weight is 247 g/mol. The highest BCUT2D eigenvalue weighted by molar-refractivity contribution is 6.00. The first-order valence-electron chi connectivity index (χ1n) is 5.97. The van der Waals surface area contributed by atoms with Crippen molar-refractivity contribution < 1.29 is 9.59 Å². The van der Waals surface area contributed by atoms with Crippen LogP contribution in [0.5, 0.6) is 0 Å². The van der Waals surface area contributed by atoms with Crippen LogP contribution in [-0.4, -0.2) is 24.0 Å². The number of rotatable bonds is 2. The Morgan fingerprint density at radius 3 is 2.78 bits per heavy atom. The predicted octanol–water partition coefficient (Wildman–Crippen LogP) is 1.02. The van der Waals surface area contributed by atoms with E-state index in [4.69, 9.17) is 5.73 Å². The minimum Gasteiger partial charge on any atom is -0.352 e. The van der Waals surface area contributed by atoms with E-state index in [1.807, 2.05) is 31.2 Å². The lowest BCUT2D eigenvalue weighted by molar-refractivity contribution is -0.120. The standard InChI is InChI=1S/C13H17N3O2/c1-8-7-10-5-3-4-6-11(10)16(8)12(17)9(2)15-13(14)18/h3-6,8-9H,7H2,1-2H3,(H3,14,15,18). The molecule has 2 unspecified atom stereocenters. The van der Waals surface area contributed by atoms with Gasteiger partial charge < -0.3 is 16.0 Å². The predicted molar refractivity (Wildman–Crippen MR) is 69.3 cm³/mol. The summed E-state index contributed by atoms with van der Waals surface area (Å²) in [5.41, 5.74) is 7.12. The fraction of sp³-hybridized carbons (Fsp3) is 0.385. The second kappa shape index (κ2) is 4.68. The number of amides is 3. The molecule has 5 heteroatoms. The van der Waals surface area contributed by atoms with Gasteiger partial charge in [0, 0.05) is 11.7 Å². The second-order valence-electron chi connectivity index (χ2n) is 4.62. The number of hydrogen-bond acceptors (Lipinski definition) is 2. The first kappa shape index (κ1) is 12.4. The Labute approximate surface area is 106 Å². The lowest BCUT2D eigenvalue weighted by atomic mass is 10.1. The molecule has 3 N–H and O–H groups in total. The fourth-order valence-electron chi connectivity index (χ4n) is 2.39. The number of para-hydroxylation sites is 1. The summed E-state index contributed by atoms with van der Waals surface area (Å²) in [6.07, 6.45) is 0.838. The van der Waals surface area contributed by atoms with Gasteiger partial charge in [-0.3, -0.25) is 4.79 Å². The van der Waals surface area contributed by atoms with Crippen LogP contribution < -0.4 is 16.0 Å². The third kappa shape index (κ3) is 2.16. The van der Waals surface area contributed by atoms with Crippen molar-refractivity contribution in [3.05, 3.63) is 29.8 Å². The third-order valence-electron chi connectivity index (χ3n) is 3.17. The molecule has 5 nitrogen and oxygen atoms in total. The number of benzene rings is 1. The van der Waals surface area contributed by atoms with E-state index in [0.717, 1.165) is 17.7 Å². The average Bonchev–Trinajstić information content (AvgIpc) is 2.63. The zero-order chi connectivity index (χ0) is 13.3. The van der Waals surface area contributed by atoms with Crippen LogP contribution >= 0.6 is 0 Å². The zero-order valence-corrected chi connectivity index (χ0v) is 10.5. The van der Waals surface area contributed by atoms with Gasteiger partial charge in [0.2, 0.25) is 5.91 Å². The van der Waals surface area contributed by atoms with E-state index in [0.29, 0.717) is 0 Å². The van der Waals surface area contributed by atoms with Crippen molar-refractivity contribution in [3.63, 3.8) is 0 Å².